The third kappa shape index (κ3) is 2.41. The number of nitrogens with zero attached hydrogens (tertiary/aromatic N) is 3. The van der Waals surface area contributed by atoms with Crippen molar-refractivity contribution in [3.8, 4) is 0 Å². The summed E-state index contributed by atoms with van der Waals surface area (Å²) in [6.07, 6.45) is 3.41. The molecule has 24 heavy (non-hydrogen) atoms. The van der Waals surface area contributed by atoms with Gasteiger partial charge >= 0.3 is 6.03 Å². The normalized spacial score (nSPS) is 17.0. The lowest BCUT2D eigenvalue weighted by Gasteiger charge is -2.27. The number of aryl methyl sites for hydroxylation is 1. The molecule has 0 unspecified atom stereocenters. The zero-order valence-electron chi connectivity index (χ0n) is 12.9. The first-order valence-corrected chi connectivity index (χ1v) is 8.22. The van der Waals surface area contributed by atoms with Crippen LogP contribution in [0.25, 0.3) is 0 Å². The summed E-state index contributed by atoms with van der Waals surface area (Å²) in [5.74, 6) is -0.177. The standard InChI is InChI=1S/C16H16ClN5O2/c17-12-4-3-10(21-7-5-18-16(21)24)8-11(12)15(23)22-6-1-2-13-14(22)9-19-20-13/h3-4,8-9H,1-2,5-7H2,(H,18,24)(H,19,20). The van der Waals surface area contributed by atoms with E-state index in [1.807, 2.05) is 0 Å². The molecule has 124 valence electrons. The van der Waals surface area contributed by atoms with Gasteiger partial charge in [-0.05, 0) is 31.0 Å². The van der Waals surface area contributed by atoms with Crippen LogP contribution in [-0.4, -0.2) is 41.8 Å². The second-order valence-electron chi connectivity index (χ2n) is 5.84. The van der Waals surface area contributed by atoms with E-state index < -0.39 is 0 Å². The number of halogens is 1. The number of aromatic amines is 1. The van der Waals surface area contributed by atoms with E-state index in [2.05, 4.69) is 15.5 Å². The highest BCUT2D eigenvalue weighted by Crippen LogP contribution is 2.30. The fraction of sp³-hybridized carbons (Fsp3) is 0.312. The molecule has 8 heteroatoms. The molecule has 0 bridgehead atoms. The van der Waals surface area contributed by atoms with Crippen LogP contribution in [0.2, 0.25) is 5.02 Å². The molecule has 0 aliphatic carbocycles. The predicted octanol–water partition coefficient (Wildman–Crippen LogP) is 2.19. The van der Waals surface area contributed by atoms with E-state index >= 15 is 0 Å². The number of carbonyl (C=O) groups excluding carboxylic acids is 2. The number of hydrogen-bond donors (Lipinski definition) is 2. The highest BCUT2D eigenvalue weighted by Gasteiger charge is 2.28. The molecular formula is C16H16ClN5O2. The van der Waals surface area contributed by atoms with Crippen LogP contribution in [0.4, 0.5) is 16.2 Å². The van der Waals surface area contributed by atoms with Gasteiger partial charge in [0.25, 0.3) is 5.91 Å². The van der Waals surface area contributed by atoms with Gasteiger partial charge in [0.2, 0.25) is 0 Å². The van der Waals surface area contributed by atoms with Crippen LogP contribution < -0.4 is 15.1 Å². The molecule has 1 fully saturated rings. The van der Waals surface area contributed by atoms with Crippen molar-refractivity contribution < 1.29 is 9.59 Å². The highest BCUT2D eigenvalue weighted by molar-refractivity contribution is 6.34. The van der Waals surface area contributed by atoms with Crippen molar-refractivity contribution in [2.45, 2.75) is 12.8 Å². The Labute approximate surface area is 143 Å². The first-order chi connectivity index (χ1) is 11.6. The smallest absolute Gasteiger partial charge is 0.321 e. The molecule has 2 N–H and O–H groups in total. The minimum Gasteiger partial charge on any atom is -0.336 e. The minimum atomic E-state index is -0.177. The lowest BCUT2D eigenvalue weighted by molar-refractivity contribution is 0.0985. The fourth-order valence-electron chi connectivity index (χ4n) is 3.18. The summed E-state index contributed by atoms with van der Waals surface area (Å²) >= 11 is 6.26. The lowest BCUT2D eigenvalue weighted by Crippen LogP contribution is -2.35. The van der Waals surface area contributed by atoms with Crippen LogP contribution in [0.5, 0.6) is 0 Å². The number of H-pyrrole nitrogens is 1. The van der Waals surface area contributed by atoms with E-state index in [-0.39, 0.29) is 11.9 Å². The third-order valence-corrected chi connectivity index (χ3v) is 4.72. The summed E-state index contributed by atoms with van der Waals surface area (Å²) in [5, 5.41) is 10.1. The Morgan fingerprint density at radius 3 is 2.96 bits per heavy atom. The molecule has 2 aliphatic heterocycles. The summed E-state index contributed by atoms with van der Waals surface area (Å²) < 4.78 is 0. The highest BCUT2D eigenvalue weighted by atomic mass is 35.5. The molecule has 2 aliphatic rings. The molecule has 7 nitrogen and oxygen atoms in total. The van der Waals surface area contributed by atoms with Gasteiger partial charge in [-0.25, -0.2) is 4.79 Å². The summed E-state index contributed by atoms with van der Waals surface area (Å²) in [6.45, 7) is 1.79. The van der Waals surface area contributed by atoms with Crippen molar-refractivity contribution in [3.05, 3.63) is 40.7 Å². The van der Waals surface area contributed by atoms with Crippen LogP contribution in [0.15, 0.2) is 24.4 Å². The van der Waals surface area contributed by atoms with Crippen molar-refractivity contribution in [2.24, 2.45) is 0 Å². The number of aromatic nitrogens is 2. The van der Waals surface area contributed by atoms with Crippen molar-refractivity contribution in [1.29, 1.82) is 0 Å². The summed E-state index contributed by atoms with van der Waals surface area (Å²) in [7, 11) is 0. The number of hydrogen-bond acceptors (Lipinski definition) is 3. The number of carbonyl (C=O) groups is 2. The number of benzene rings is 1. The summed E-state index contributed by atoms with van der Waals surface area (Å²) in [6, 6.07) is 4.94. The molecule has 0 atom stereocenters. The number of nitrogens with one attached hydrogen (secondary N) is 2. The fourth-order valence-corrected chi connectivity index (χ4v) is 3.38. The second-order valence-corrected chi connectivity index (χ2v) is 6.25. The lowest BCUT2D eigenvalue weighted by atomic mass is 10.1. The monoisotopic (exact) mass is 345 g/mol. The van der Waals surface area contributed by atoms with E-state index in [1.54, 1.807) is 34.2 Å². The maximum Gasteiger partial charge on any atom is 0.321 e. The number of fused-ring (bicyclic) bond motifs is 1. The number of anilines is 2. The SMILES string of the molecule is O=C1NCCN1c1ccc(Cl)c(C(=O)N2CCCc3[nH]ncc32)c1. The third-order valence-electron chi connectivity index (χ3n) is 4.39. The molecule has 1 aromatic heterocycles. The zero-order valence-corrected chi connectivity index (χ0v) is 13.6. The summed E-state index contributed by atoms with van der Waals surface area (Å²) in [5.41, 5.74) is 2.82. The van der Waals surface area contributed by atoms with Gasteiger partial charge in [0, 0.05) is 25.3 Å². The van der Waals surface area contributed by atoms with Crippen LogP contribution >= 0.6 is 11.6 Å². The molecule has 1 aromatic carbocycles. The first kappa shape index (κ1) is 15.0. The van der Waals surface area contributed by atoms with Crippen molar-refractivity contribution >= 4 is 34.9 Å². The van der Waals surface area contributed by atoms with Crippen LogP contribution in [0, 0.1) is 0 Å². The van der Waals surface area contributed by atoms with E-state index in [0.717, 1.165) is 24.2 Å². The maximum absolute atomic E-state index is 13.0. The maximum atomic E-state index is 13.0. The van der Waals surface area contributed by atoms with Gasteiger partial charge in [0.05, 0.1) is 28.2 Å². The topological polar surface area (TPSA) is 81.3 Å². The Morgan fingerprint density at radius 2 is 2.17 bits per heavy atom. The van der Waals surface area contributed by atoms with Gasteiger partial charge < -0.3 is 10.2 Å². The van der Waals surface area contributed by atoms with Crippen LogP contribution in [0.1, 0.15) is 22.5 Å². The van der Waals surface area contributed by atoms with E-state index in [4.69, 9.17) is 11.6 Å². The first-order valence-electron chi connectivity index (χ1n) is 7.84. The quantitative estimate of drug-likeness (QED) is 0.875. The molecule has 4 rings (SSSR count). The second kappa shape index (κ2) is 5.83. The van der Waals surface area contributed by atoms with Gasteiger partial charge in [-0.3, -0.25) is 14.8 Å². The van der Waals surface area contributed by atoms with Crippen LogP contribution in [-0.2, 0) is 6.42 Å². The van der Waals surface area contributed by atoms with E-state index in [1.165, 1.54) is 0 Å². The Kier molecular flexibility index (Phi) is 3.65. The van der Waals surface area contributed by atoms with Gasteiger partial charge in [-0.15, -0.1) is 0 Å². The molecule has 0 spiro atoms. The Bertz CT molecular complexity index is 819. The number of urea groups is 1. The van der Waals surface area contributed by atoms with Crippen molar-refractivity contribution in [3.63, 3.8) is 0 Å². The van der Waals surface area contributed by atoms with Gasteiger partial charge in [0.1, 0.15) is 0 Å². The number of amides is 3. The Balaban J connectivity index is 1.69. The molecule has 0 radical (unpaired) electrons. The van der Waals surface area contributed by atoms with Crippen molar-refractivity contribution in [1.82, 2.24) is 15.5 Å². The molecule has 1 saturated heterocycles. The van der Waals surface area contributed by atoms with E-state index in [0.29, 0.717) is 35.9 Å². The molecule has 0 saturated carbocycles. The molecule has 3 heterocycles. The number of rotatable bonds is 2. The average molecular weight is 346 g/mol. The molecule has 2 aromatic rings. The van der Waals surface area contributed by atoms with Gasteiger partial charge in [-0.1, -0.05) is 11.6 Å². The Hall–Kier alpha value is -2.54. The van der Waals surface area contributed by atoms with Crippen LogP contribution in [0.3, 0.4) is 0 Å². The Morgan fingerprint density at radius 1 is 1.29 bits per heavy atom. The zero-order chi connectivity index (χ0) is 16.7. The summed E-state index contributed by atoms with van der Waals surface area (Å²) in [4.78, 5) is 28.2. The minimum absolute atomic E-state index is 0.161. The van der Waals surface area contributed by atoms with Crippen molar-refractivity contribution in [2.75, 3.05) is 29.4 Å². The van der Waals surface area contributed by atoms with Gasteiger partial charge in [0.15, 0.2) is 0 Å². The molecular weight excluding hydrogens is 330 g/mol. The predicted molar refractivity (Wildman–Crippen MR) is 90.8 cm³/mol. The average Bonchev–Trinajstić information content (AvgIpc) is 3.23. The van der Waals surface area contributed by atoms with Gasteiger partial charge in [-0.2, -0.15) is 5.10 Å². The largest absolute Gasteiger partial charge is 0.336 e. The van der Waals surface area contributed by atoms with E-state index in [9.17, 15) is 9.59 Å². The molecule has 3 amide bonds.